The van der Waals surface area contributed by atoms with Gasteiger partial charge in [0, 0.05) is 19.6 Å². The van der Waals surface area contributed by atoms with Crippen molar-refractivity contribution in [3.8, 4) is 0 Å². The Morgan fingerprint density at radius 2 is 2.00 bits per heavy atom. The Morgan fingerprint density at radius 1 is 1.40 bits per heavy atom. The first-order chi connectivity index (χ1) is 6.97. The predicted octanol–water partition coefficient (Wildman–Crippen LogP) is 1.21. The highest BCUT2D eigenvalue weighted by Gasteiger charge is 2.36. The largest absolute Gasteiger partial charge is 0.388 e. The van der Waals surface area contributed by atoms with Crippen LogP contribution < -0.4 is 5.73 Å². The predicted molar refractivity (Wildman–Crippen MR) is 63.8 cm³/mol. The number of β-amino-alcohol motifs (C(OH)–C–C–N with tert-alkyl or cyclic N) is 1. The van der Waals surface area contributed by atoms with Crippen LogP contribution in [0.15, 0.2) is 0 Å². The fraction of sp³-hybridized carbons (Fsp3) is 1.00. The van der Waals surface area contributed by atoms with Gasteiger partial charge in [-0.3, -0.25) is 4.90 Å². The van der Waals surface area contributed by atoms with Crippen molar-refractivity contribution in [2.45, 2.75) is 45.6 Å². The van der Waals surface area contributed by atoms with Crippen LogP contribution in [0.5, 0.6) is 0 Å². The van der Waals surface area contributed by atoms with Crippen LogP contribution in [0.25, 0.3) is 0 Å². The molecule has 1 saturated heterocycles. The molecule has 0 aromatic heterocycles. The van der Waals surface area contributed by atoms with Crippen molar-refractivity contribution < 1.29 is 5.11 Å². The molecule has 15 heavy (non-hydrogen) atoms. The van der Waals surface area contributed by atoms with Gasteiger partial charge in [-0.1, -0.05) is 13.8 Å². The molecule has 1 aliphatic heterocycles. The molecule has 1 fully saturated rings. The first-order valence-corrected chi connectivity index (χ1v) is 6.12. The van der Waals surface area contributed by atoms with Gasteiger partial charge in [0.15, 0.2) is 0 Å². The van der Waals surface area contributed by atoms with Gasteiger partial charge >= 0.3 is 0 Å². The number of hydrogen-bond acceptors (Lipinski definition) is 3. The third-order valence-electron chi connectivity index (χ3n) is 4.02. The minimum atomic E-state index is -0.725. The first-order valence-electron chi connectivity index (χ1n) is 6.12. The molecule has 0 spiro atoms. The first kappa shape index (κ1) is 12.9. The van der Waals surface area contributed by atoms with Gasteiger partial charge in [0.05, 0.1) is 5.60 Å². The average molecular weight is 214 g/mol. The van der Waals surface area contributed by atoms with E-state index in [2.05, 4.69) is 18.7 Å². The number of likely N-dealkylation sites (tertiary alicyclic amines) is 1. The molecule has 1 aliphatic rings. The Labute approximate surface area is 93.6 Å². The highest BCUT2D eigenvalue weighted by atomic mass is 16.3. The van der Waals surface area contributed by atoms with Crippen molar-refractivity contribution in [3.05, 3.63) is 0 Å². The molecule has 0 amide bonds. The van der Waals surface area contributed by atoms with Crippen molar-refractivity contribution in [1.82, 2.24) is 4.90 Å². The lowest BCUT2D eigenvalue weighted by Crippen LogP contribution is -2.45. The summed E-state index contributed by atoms with van der Waals surface area (Å²) in [5.74, 6) is 0. The second kappa shape index (κ2) is 4.81. The zero-order valence-electron chi connectivity index (χ0n) is 10.4. The monoisotopic (exact) mass is 214 g/mol. The van der Waals surface area contributed by atoms with Gasteiger partial charge in [-0.25, -0.2) is 0 Å². The van der Waals surface area contributed by atoms with Gasteiger partial charge < -0.3 is 10.8 Å². The highest BCUT2D eigenvalue weighted by molar-refractivity contribution is 4.90. The second-order valence-electron chi connectivity index (χ2n) is 5.37. The standard InChI is InChI=1S/C12H26N2O/c1-4-12(5-2)6-7-14(10-12)9-11(3,15)8-13/h15H,4-10,13H2,1-3H3. The third kappa shape index (κ3) is 3.16. The molecule has 0 radical (unpaired) electrons. The second-order valence-corrected chi connectivity index (χ2v) is 5.37. The summed E-state index contributed by atoms with van der Waals surface area (Å²) in [6, 6.07) is 0. The van der Waals surface area contributed by atoms with E-state index in [9.17, 15) is 5.11 Å². The molecule has 3 nitrogen and oxygen atoms in total. The fourth-order valence-electron chi connectivity index (χ4n) is 2.54. The summed E-state index contributed by atoms with van der Waals surface area (Å²) < 4.78 is 0. The third-order valence-corrected chi connectivity index (χ3v) is 4.02. The van der Waals surface area contributed by atoms with Crippen molar-refractivity contribution in [2.24, 2.45) is 11.1 Å². The molecule has 0 aromatic rings. The summed E-state index contributed by atoms with van der Waals surface area (Å²) in [6.07, 6.45) is 3.75. The summed E-state index contributed by atoms with van der Waals surface area (Å²) in [5.41, 5.74) is 5.31. The Hall–Kier alpha value is -0.120. The Morgan fingerprint density at radius 3 is 2.40 bits per heavy atom. The Bertz CT molecular complexity index is 200. The molecule has 0 aromatic carbocycles. The number of rotatable bonds is 5. The van der Waals surface area contributed by atoms with Gasteiger partial charge in [0.1, 0.15) is 0 Å². The molecular weight excluding hydrogens is 188 g/mol. The average Bonchev–Trinajstić information content (AvgIpc) is 2.62. The Balaban J connectivity index is 2.49. The van der Waals surface area contributed by atoms with Crippen molar-refractivity contribution >= 4 is 0 Å². The van der Waals surface area contributed by atoms with Gasteiger partial charge in [-0.05, 0) is 38.1 Å². The maximum atomic E-state index is 9.93. The van der Waals surface area contributed by atoms with Gasteiger partial charge in [-0.2, -0.15) is 0 Å². The molecule has 0 saturated carbocycles. The zero-order chi connectivity index (χ0) is 11.5. The maximum Gasteiger partial charge on any atom is 0.0867 e. The summed E-state index contributed by atoms with van der Waals surface area (Å²) in [6.45, 7) is 9.65. The van der Waals surface area contributed by atoms with Crippen molar-refractivity contribution in [3.63, 3.8) is 0 Å². The van der Waals surface area contributed by atoms with E-state index in [1.807, 2.05) is 6.92 Å². The summed E-state index contributed by atoms with van der Waals surface area (Å²) in [7, 11) is 0. The van der Waals surface area contributed by atoms with E-state index in [4.69, 9.17) is 5.73 Å². The molecule has 90 valence electrons. The number of aliphatic hydroxyl groups is 1. The van der Waals surface area contributed by atoms with Crippen LogP contribution in [0.1, 0.15) is 40.0 Å². The number of hydrogen-bond donors (Lipinski definition) is 2. The van der Waals surface area contributed by atoms with Crippen molar-refractivity contribution in [1.29, 1.82) is 0 Å². The van der Waals surface area contributed by atoms with E-state index < -0.39 is 5.60 Å². The molecule has 0 bridgehead atoms. The molecule has 1 heterocycles. The van der Waals surface area contributed by atoms with Crippen molar-refractivity contribution in [2.75, 3.05) is 26.2 Å². The molecule has 1 atom stereocenters. The lowest BCUT2D eigenvalue weighted by atomic mass is 9.82. The van der Waals surface area contributed by atoms with Gasteiger partial charge in [0.2, 0.25) is 0 Å². The maximum absolute atomic E-state index is 9.93. The molecule has 3 N–H and O–H groups in total. The SMILES string of the molecule is CCC1(CC)CCN(CC(C)(O)CN)C1. The zero-order valence-corrected chi connectivity index (χ0v) is 10.4. The normalized spacial score (nSPS) is 25.4. The molecule has 1 unspecified atom stereocenters. The van der Waals surface area contributed by atoms with E-state index in [0.717, 1.165) is 13.1 Å². The summed E-state index contributed by atoms with van der Waals surface area (Å²) >= 11 is 0. The highest BCUT2D eigenvalue weighted by Crippen LogP contribution is 2.37. The fourth-order valence-corrected chi connectivity index (χ4v) is 2.54. The molecular formula is C12H26N2O. The van der Waals surface area contributed by atoms with Crippen LogP contribution >= 0.6 is 0 Å². The van der Waals surface area contributed by atoms with E-state index in [1.165, 1.54) is 19.3 Å². The quantitative estimate of drug-likeness (QED) is 0.723. The van der Waals surface area contributed by atoms with Gasteiger partial charge in [0.25, 0.3) is 0 Å². The Kier molecular flexibility index (Phi) is 4.15. The lowest BCUT2D eigenvalue weighted by Gasteiger charge is -2.30. The van der Waals surface area contributed by atoms with E-state index in [0.29, 0.717) is 18.5 Å². The van der Waals surface area contributed by atoms with Crippen LogP contribution in [-0.2, 0) is 0 Å². The number of nitrogens with two attached hydrogens (primary N) is 1. The van der Waals surface area contributed by atoms with Gasteiger partial charge in [-0.15, -0.1) is 0 Å². The minimum Gasteiger partial charge on any atom is -0.388 e. The van der Waals surface area contributed by atoms with E-state index >= 15 is 0 Å². The minimum absolute atomic E-state index is 0.342. The topological polar surface area (TPSA) is 49.5 Å². The van der Waals surface area contributed by atoms with Crippen LogP contribution in [0.2, 0.25) is 0 Å². The number of nitrogens with zero attached hydrogens (tertiary/aromatic N) is 1. The van der Waals surface area contributed by atoms with Crippen LogP contribution in [0.3, 0.4) is 0 Å². The summed E-state index contributed by atoms with van der Waals surface area (Å²) in [4.78, 5) is 2.36. The smallest absolute Gasteiger partial charge is 0.0867 e. The van der Waals surface area contributed by atoms with E-state index in [-0.39, 0.29) is 0 Å². The summed E-state index contributed by atoms with van der Waals surface area (Å²) in [5, 5.41) is 9.93. The van der Waals surface area contributed by atoms with Crippen LogP contribution in [0, 0.1) is 5.41 Å². The molecule has 1 rings (SSSR count). The van der Waals surface area contributed by atoms with Crippen LogP contribution in [0.4, 0.5) is 0 Å². The molecule has 3 heteroatoms. The van der Waals surface area contributed by atoms with E-state index in [1.54, 1.807) is 0 Å². The van der Waals surface area contributed by atoms with Crippen LogP contribution in [-0.4, -0.2) is 41.8 Å². The molecule has 0 aliphatic carbocycles. The lowest BCUT2D eigenvalue weighted by molar-refractivity contribution is 0.0307.